The van der Waals surface area contributed by atoms with Gasteiger partial charge in [0.15, 0.2) is 5.75 Å². The average Bonchev–Trinajstić information content (AvgIpc) is 2.17. The highest BCUT2D eigenvalue weighted by molar-refractivity contribution is 5.85. The Bertz CT molecular complexity index is 395. The van der Waals surface area contributed by atoms with Gasteiger partial charge in [-0.15, -0.1) is 12.4 Å². The van der Waals surface area contributed by atoms with Crippen LogP contribution in [0.2, 0.25) is 0 Å². The number of ether oxygens (including phenoxy) is 1. The zero-order chi connectivity index (χ0) is 11.6. The third-order valence-electron chi connectivity index (χ3n) is 2.02. The van der Waals surface area contributed by atoms with Crippen molar-refractivity contribution < 1.29 is 14.8 Å². The van der Waals surface area contributed by atoms with Crippen LogP contribution in [0, 0.1) is 10.1 Å². The summed E-state index contributed by atoms with van der Waals surface area (Å²) < 4.78 is 4.82. The number of nitrogens with two attached hydrogens (primary N) is 1. The van der Waals surface area contributed by atoms with Gasteiger partial charge in [-0.25, -0.2) is 0 Å². The van der Waals surface area contributed by atoms with Crippen molar-refractivity contribution >= 4 is 18.1 Å². The second-order valence-corrected chi connectivity index (χ2v) is 3.14. The van der Waals surface area contributed by atoms with Gasteiger partial charge in [-0.1, -0.05) is 0 Å². The van der Waals surface area contributed by atoms with Gasteiger partial charge in [0.1, 0.15) is 0 Å². The summed E-state index contributed by atoms with van der Waals surface area (Å²) in [5.74, 6) is -0.427. The average molecular weight is 249 g/mol. The number of benzene rings is 1. The van der Waals surface area contributed by atoms with Crippen molar-refractivity contribution in [3.8, 4) is 11.5 Å². The zero-order valence-electron chi connectivity index (χ0n) is 8.84. The number of phenolic OH excluding ortho intramolecular Hbond substituents is 1. The van der Waals surface area contributed by atoms with Gasteiger partial charge >= 0.3 is 5.69 Å². The lowest BCUT2D eigenvalue weighted by molar-refractivity contribution is -0.386. The van der Waals surface area contributed by atoms with E-state index in [2.05, 4.69) is 0 Å². The Morgan fingerprint density at radius 2 is 2.12 bits per heavy atom. The smallest absolute Gasteiger partial charge is 0.314 e. The van der Waals surface area contributed by atoms with Gasteiger partial charge in [0.25, 0.3) is 0 Å². The fourth-order valence-corrected chi connectivity index (χ4v) is 1.17. The van der Waals surface area contributed by atoms with Crippen molar-refractivity contribution in [2.24, 2.45) is 5.73 Å². The summed E-state index contributed by atoms with van der Waals surface area (Å²) in [6.07, 6.45) is 0. The summed E-state index contributed by atoms with van der Waals surface area (Å²) in [6, 6.07) is 2.35. The van der Waals surface area contributed by atoms with E-state index in [-0.39, 0.29) is 24.2 Å². The van der Waals surface area contributed by atoms with E-state index in [1.54, 1.807) is 6.92 Å². The molecular formula is C9H13ClN2O4. The van der Waals surface area contributed by atoms with Crippen LogP contribution in [-0.2, 0) is 0 Å². The molecule has 1 aromatic rings. The lowest BCUT2D eigenvalue weighted by Gasteiger charge is -2.09. The van der Waals surface area contributed by atoms with Crippen molar-refractivity contribution in [3.05, 3.63) is 27.8 Å². The zero-order valence-corrected chi connectivity index (χ0v) is 9.65. The molecule has 0 saturated carbocycles. The standard InChI is InChI=1S/C9H12N2O4.ClH/c1-5(10)6-3-7(11(13)14)9(12)8(4-6)15-2;/h3-5,12H,10H2,1-2H3;1H/t5-;/m0./s1. The van der Waals surface area contributed by atoms with E-state index in [0.717, 1.165) is 0 Å². The molecule has 0 aliphatic heterocycles. The van der Waals surface area contributed by atoms with Crippen LogP contribution in [0.4, 0.5) is 5.69 Å². The van der Waals surface area contributed by atoms with Gasteiger partial charge in [-0.2, -0.15) is 0 Å². The fraction of sp³-hybridized carbons (Fsp3) is 0.333. The lowest BCUT2D eigenvalue weighted by Crippen LogP contribution is -2.06. The van der Waals surface area contributed by atoms with Crippen LogP contribution in [0.1, 0.15) is 18.5 Å². The Hall–Kier alpha value is -1.53. The molecule has 16 heavy (non-hydrogen) atoms. The highest BCUT2D eigenvalue weighted by atomic mass is 35.5. The van der Waals surface area contributed by atoms with Crippen molar-refractivity contribution in [1.29, 1.82) is 0 Å². The second kappa shape index (κ2) is 5.53. The quantitative estimate of drug-likeness (QED) is 0.627. The van der Waals surface area contributed by atoms with Crippen LogP contribution >= 0.6 is 12.4 Å². The first-order chi connectivity index (χ1) is 6.97. The van der Waals surface area contributed by atoms with Crippen LogP contribution in [0.3, 0.4) is 0 Å². The first-order valence-corrected chi connectivity index (χ1v) is 4.28. The highest BCUT2D eigenvalue weighted by Gasteiger charge is 2.20. The van der Waals surface area contributed by atoms with Gasteiger partial charge in [0.05, 0.1) is 12.0 Å². The van der Waals surface area contributed by atoms with E-state index in [1.807, 2.05) is 0 Å². The number of hydrogen-bond donors (Lipinski definition) is 2. The Morgan fingerprint density at radius 3 is 2.50 bits per heavy atom. The molecule has 6 nitrogen and oxygen atoms in total. The topological polar surface area (TPSA) is 98.6 Å². The number of nitrogens with zero attached hydrogens (tertiary/aromatic N) is 1. The minimum Gasteiger partial charge on any atom is -0.500 e. The van der Waals surface area contributed by atoms with Gasteiger partial charge < -0.3 is 15.6 Å². The predicted molar refractivity (Wildman–Crippen MR) is 61.2 cm³/mol. The van der Waals surface area contributed by atoms with Crippen LogP contribution in [-0.4, -0.2) is 17.1 Å². The molecule has 0 unspecified atom stereocenters. The molecule has 0 bridgehead atoms. The molecule has 3 N–H and O–H groups in total. The maximum atomic E-state index is 10.6. The first kappa shape index (κ1) is 14.5. The number of halogens is 1. The molecule has 0 radical (unpaired) electrons. The summed E-state index contributed by atoms with van der Waals surface area (Å²) in [6.45, 7) is 1.69. The van der Waals surface area contributed by atoms with Gasteiger partial charge in [-0.05, 0) is 18.6 Å². The molecular weight excluding hydrogens is 236 g/mol. The number of hydrogen-bond acceptors (Lipinski definition) is 5. The monoisotopic (exact) mass is 248 g/mol. The number of nitro groups is 1. The molecule has 0 amide bonds. The third kappa shape index (κ3) is 2.74. The number of nitro benzene ring substituents is 1. The summed E-state index contributed by atoms with van der Waals surface area (Å²) in [5.41, 5.74) is 5.73. The molecule has 0 aliphatic rings. The van der Waals surface area contributed by atoms with E-state index in [4.69, 9.17) is 10.5 Å². The minimum atomic E-state index is -0.677. The SMILES string of the molecule is COc1cc([C@H](C)N)cc([N+](=O)[O-])c1O.Cl. The number of rotatable bonds is 3. The molecule has 1 atom stereocenters. The molecule has 7 heteroatoms. The first-order valence-electron chi connectivity index (χ1n) is 4.28. The maximum absolute atomic E-state index is 10.6. The Balaban J connectivity index is 0.00000225. The number of aromatic hydroxyl groups is 1. The van der Waals surface area contributed by atoms with Crippen molar-refractivity contribution in [3.63, 3.8) is 0 Å². The third-order valence-corrected chi connectivity index (χ3v) is 2.02. The van der Waals surface area contributed by atoms with Gasteiger partial charge in [0.2, 0.25) is 5.75 Å². The molecule has 0 heterocycles. The Kier molecular flexibility index (Phi) is 5.00. The van der Waals surface area contributed by atoms with E-state index in [9.17, 15) is 15.2 Å². The number of phenols is 1. The minimum absolute atomic E-state index is 0. The van der Waals surface area contributed by atoms with Crippen LogP contribution in [0.5, 0.6) is 11.5 Å². The van der Waals surface area contributed by atoms with Crippen LogP contribution < -0.4 is 10.5 Å². The normalized spacial score (nSPS) is 11.4. The molecule has 1 rings (SSSR count). The summed E-state index contributed by atoms with van der Waals surface area (Å²) >= 11 is 0. The van der Waals surface area contributed by atoms with Crippen LogP contribution in [0.25, 0.3) is 0 Å². The van der Waals surface area contributed by atoms with E-state index < -0.39 is 16.4 Å². The van der Waals surface area contributed by atoms with Gasteiger partial charge in [0, 0.05) is 12.1 Å². The maximum Gasteiger partial charge on any atom is 0.314 e. The molecule has 0 aromatic heterocycles. The fourth-order valence-electron chi connectivity index (χ4n) is 1.17. The van der Waals surface area contributed by atoms with E-state index >= 15 is 0 Å². The summed E-state index contributed by atoms with van der Waals surface area (Å²) in [5, 5.41) is 20.1. The largest absolute Gasteiger partial charge is 0.500 e. The lowest BCUT2D eigenvalue weighted by atomic mass is 10.1. The summed E-state index contributed by atoms with van der Waals surface area (Å²) in [4.78, 5) is 9.94. The van der Waals surface area contributed by atoms with Crippen molar-refractivity contribution in [1.82, 2.24) is 0 Å². The molecule has 0 saturated heterocycles. The van der Waals surface area contributed by atoms with E-state index in [0.29, 0.717) is 5.56 Å². The molecule has 1 aromatic carbocycles. The predicted octanol–water partition coefficient (Wildman–Crippen LogP) is 1.75. The highest BCUT2D eigenvalue weighted by Crippen LogP contribution is 2.37. The van der Waals surface area contributed by atoms with E-state index in [1.165, 1.54) is 19.2 Å². The number of methoxy groups -OCH3 is 1. The van der Waals surface area contributed by atoms with Crippen LogP contribution in [0.15, 0.2) is 12.1 Å². The second-order valence-electron chi connectivity index (χ2n) is 3.14. The molecule has 0 fully saturated rings. The molecule has 90 valence electrons. The van der Waals surface area contributed by atoms with Gasteiger partial charge in [-0.3, -0.25) is 10.1 Å². The Morgan fingerprint density at radius 1 is 1.56 bits per heavy atom. The van der Waals surface area contributed by atoms with Crippen molar-refractivity contribution in [2.75, 3.05) is 7.11 Å². The molecule has 0 aliphatic carbocycles. The Labute approximate surface area is 98.6 Å². The summed E-state index contributed by atoms with van der Waals surface area (Å²) in [7, 11) is 1.32. The van der Waals surface area contributed by atoms with Crippen molar-refractivity contribution in [2.45, 2.75) is 13.0 Å². The molecule has 0 spiro atoms.